The number of nitrogens with zero attached hydrogens (tertiary/aromatic N) is 1. The van der Waals surface area contributed by atoms with Crippen molar-refractivity contribution in [2.75, 3.05) is 32.8 Å². The minimum absolute atomic E-state index is 0.282. The molecule has 0 bridgehead atoms. The molecule has 1 heterocycles. The smallest absolute Gasteiger partial charge is 0.253 e. The maximum absolute atomic E-state index is 12.2. The Kier molecular flexibility index (Phi) is 5.50. The molecule has 112 valence electrons. The van der Waals surface area contributed by atoms with Crippen molar-refractivity contribution < 1.29 is 13.2 Å². The van der Waals surface area contributed by atoms with Crippen LogP contribution in [0.2, 0.25) is 0 Å². The van der Waals surface area contributed by atoms with E-state index < -0.39 is 10.0 Å². The number of hydrogen-bond acceptors (Lipinski definition) is 5. The highest BCUT2D eigenvalue weighted by Gasteiger charge is 2.19. The van der Waals surface area contributed by atoms with E-state index in [1.165, 1.54) is 0 Å². The fourth-order valence-corrected chi connectivity index (χ4v) is 3.06. The van der Waals surface area contributed by atoms with Gasteiger partial charge in [-0.3, -0.25) is 0 Å². The fourth-order valence-electron chi connectivity index (χ4n) is 1.93. The molecule has 0 amide bonds. The van der Waals surface area contributed by atoms with E-state index in [-0.39, 0.29) is 4.90 Å². The molecule has 0 unspecified atom stereocenters. The largest absolute Gasteiger partial charge is 0.379 e. The van der Waals surface area contributed by atoms with Crippen molar-refractivity contribution in [3.63, 3.8) is 0 Å². The summed E-state index contributed by atoms with van der Waals surface area (Å²) in [5.74, 6) is 0. The summed E-state index contributed by atoms with van der Waals surface area (Å²) in [5, 5.41) is 4.87. The highest BCUT2D eigenvalue weighted by Crippen LogP contribution is 2.11. The average Bonchev–Trinajstić information content (AvgIpc) is 2.46. The Hall–Kier alpha value is -0.990. The zero-order valence-electron chi connectivity index (χ0n) is 11.6. The SMILES string of the molecule is CCNCc1ccc(S(=O)(=O)NN2CCOCC2)cc1. The normalized spacial score (nSPS) is 17.2. The predicted molar refractivity (Wildman–Crippen MR) is 76.5 cm³/mol. The lowest BCUT2D eigenvalue weighted by molar-refractivity contribution is 0.0272. The van der Waals surface area contributed by atoms with Gasteiger partial charge >= 0.3 is 0 Å². The Labute approximate surface area is 120 Å². The van der Waals surface area contributed by atoms with Gasteiger partial charge in [0.05, 0.1) is 18.1 Å². The van der Waals surface area contributed by atoms with Crippen molar-refractivity contribution in [1.82, 2.24) is 15.2 Å². The van der Waals surface area contributed by atoms with E-state index in [0.717, 1.165) is 18.7 Å². The van der Waals surface area contributed by atoms with Gasteiger partial charge in [0.1, 0.15) is 0 Å². The first-order valence-electron chi connectivity index (χ1n) is 6.76. The molecular formula is C13H21N3O3S. The van der Waals surface area contributed by atoms with Crippen molar-refractivity contribution in [1.29, 1.82) is 0 Å². The van der Waals surface area contributed by atoms with Gasteiger partial charge in [-0.25, -0.2) is 13.4 Å². The molecule has 1 aromatic rings. The van der Waals surface area contributed by atoms with Crippen LogP contribution in [0.15, 0.2) is 29.2 Å². The molecule has 1 aromatic carbocycles. The second-order valence-electron chi connectivity index (χ2n) is 4.62. The molecule has 0 saturated carbocycles. The maximum Gasteiger partial charge on any atom is 0.253 e. The number of nitrogens with one attached hydrogen (secondary N) is 2. The van der Waals surface area contributed by atoms with Crippen LogP contribution in [0.25, 0.3) is 0 Å². The van der Waals surface area contributed by atoms with Crippen LogP contribution in [0.5, 0.6) is 0 Å². The Bertz CT molecular complexity index is 510. The second-order valence-corrected chi connectivity index (χ2v) is 6.28. The van der Waals surface area contributed by atoms with Gasteiger partial charge in [0.2, 0.25) is 0 Å². The minimum atomic E-state index is -3.50. The molecule has 2 N–H and O–H groups in total. The quantitative estimate of drug-likeness (QED) is 0.792. The Morgan fingerprint density at radius 3 is 2.45 bits per heavy atom. The summed E-state index contributed by atoms with van der Waals surface area (Å²) in [6.07, 6.45) is 0. The van der Waals surface area contributed by atoms with E-state index in [4.69, 9.17) is 4.74 Å². The standard InChI is InChI=1S/C13H21N3O3S/c1-2-14-11-12-3-5-13(6-4-12)20(17,18)15-16-7-9-19-10-8-16/h3-6,14-15H,2,7-11H2,1H3. The molecule has 0 aromatic heterocycles. The number of morpholine rings is 1. The molecule has 1 saturated heterocycles. The third-order valence-electron chi connectivity index (χ3n) is 3.07. The van der Waals surface area contributed by atoms with Gasteiger partial charge in [0.25, 0.3) is 10.0 Å². The number of rotatable bonds is 6. The molecule has 6 nitrogen and oxygen atoms in total. The summed E-state index contributed by atoms with van der Waals surface area (Å²) in [4.78, 5) is 2.87. The summed E-state index contributed by atoms with van der Waals surface area (Å²) in [5.41, 5.74) is 1.07. The van der Waals surface area contributed by atoms with Crippen LogP contribution in [0, 0.1) is 0 Å². The van der Waals surface area contributed by atoms with E-state index >= 15 is 0 Å². The molecule has 7 heteroatoms. The maximum atomic E-state index is 12.2. The van der Waals surface area contributed by atoms with Crippen molar-refractivity contribution in [2.45, 2.75) is 18.4 Å². The van der Waals surface area contributed by atoms with Crippen molar-refractivity contribution in [3.05, 3.63) is 29.8 Å². The first-order chi connectivity index (χ1) is 9.62. The summed E-state index contributed by atoms with van der Waals surface area (Å²) >= 11 is 0. The summed E-state index contributed by atoms with van der Waals surface area (Å²) in [7, 11) is -3.50. The molecule has 1 fully saturated rings. The predicted octanol–water partition coefficient (Wildman–Crippen LogP) is 0.322. The van der Waals surface area contributed by atoms with Gasteiger partial charge in [-0.05, 0) is 24.2 Å². The van der Waals surface area contributed by atoms with Crippen LogP contribution in [-0.4, -0.2) is 46.3 Å². The van der Waals surface area contributed by atoms with Crippen LogP contribution in [0.4, 0.5) is 0 Å². The van der Waals surface area contributed by atoms with Gasteiger partial charge in [0.15, 0.2) is 0 Å². The van der Waals surface area contributed by atoms with Crippen LogP contribution < -0.4 is 10.1 Å². The molecule has 0 spiro atoms. The van der Waals surface area contributed by atoms with Crippen LogP contribution in [0.3, 0.4) is 0 Å². The molecular weight excluding hydrogens is 278 g/mol. The van der Waals surface area contributed by atoms with E-state index in [1.54, 1.807) is 17.1 Å². The number of sulfonamides is 1. The molecule has 20 heavy (non-hydrogen) atoms. The Morgan fingerprint density at radius 1 is 1.20 bits per heavy atom. The van der Waals surface area contributed by atoms with Gasteiger partial charge in [-0.2, -0.15) is 0 Å². The molecule has 1 aliphatic heterocycles. The summed E-state index contributed by atoms with van der Waals surface area (Å²) in [6.45, 7) is 5.89. The number of benzene rings is 1. The zero-order valence-corrected chi connectivity index (χ0v) is 12.4. The van der Waals surface area contributed by atoms with Crippen molar-refractivity contribution >= 4 is 10.0 Å². The van der Waals surface area contributed by atoms with Gasteiger partial charge in [-0.15, -0.1) is 4.83 Å². The Morgan fingerprint density at radius 2 is 1.85 bits per heavy atom. The Balaban J connectivity index is 2.01. The molecule has 0 atom stereocenters. The molecule has 0 radical (unpaired) electrons. The fraction of sp³-hybridized carbons (Fsp3) is 0.538. The van der Waals surface area contributed by atoms with E-state index in [9.17, 15) is 8.42 Å². The molecule has 1 aliphatic rings. The van der Waals surface area contributed by atoms with E-state index in [0.29, 0.717) is 26.3 Å². The first-order valence-corrected chi connectivity index (χ1v) is 8.25. The third-order valence-corrected chi connectivity index (χ3v) is 4.46. The number of hydrazine groups is 1. The first kappa shape index (κ1) is 15.4. The molecule has 2 rings (SSSR count). The lowest BCUT2D eigenvalue weighted by atomic mass is 10.2. The van der Waals surface area contributed by atoms with Gasteiger partial charge in [-0.1, -0.05) is 19.1 Å². The van der Waals surface area contributed by atoms with E-state index in [1.807, 2.05) is 19.1 Å². The monoisotopic (exact) mass is 299 g/mol. The zero-order chi connectivity index (χ0) is 14.4. The highest BCUT2D eigenvalue weighted by molar-refractivity contribution is 7.89. The third kappa shape index (κ3) is 4.26. The average molecular weight is 299 g/mol. The highest BCUT2D eigenvalue weighted by atomic mass is 32.2. The second kappa shape index (κ2) is 7.14. The van der Waals surface area contributed by atoms with Crippen LogP contribution >= 0.6 is 0 Å². The molecule has 0 aliphatic carbocycles. The van der Waals surface area contributed by atoms with Crippen LogP contribution in [0.1, 0.15) is 12.5 Å². The van der Waals surface area contributed by atoms with Crippen molar-refractivity contribution in [3.8, 4) is 0 Å². The van der Waals surface area contributed by atoms with E-state index in [2.05, 4.69) is 10.1 Å². The van der Waals surface area contributed by atoms with Gasteiger partial charge < -0.3 is 10.1 Å². The number of ether oxygens (including phenoxy) is 1. The topological polar surface area (TPSA) is 70.7 Å². The number of hydrogen-bond donors (Lipinski definition) is 2. The minimum Gasteiger partial charge on any atom is -0.379 e. The van der Waals surface area contributed by atoms with Crippen molar-refractivity contribution in [2.24, 2.45) is 0 Å². The lowest BCUT2D eigenvalue weighted by Crippen LogP contribution is -2.48. The summed E-state index contributed by atoms with van der Waals surface area (Å²) < 4.78 is 29.6. The lowest BCUT2D eigenvalue weighted by Gasteiger charge is -2.26. The van der Waals surface area contributed by atoms with Gasteiger partial charge in [0, 0.05) is 19.6 Å². The summed E-state index contributed by atoms with van der Waals surface area (Å²) in [6, 6.07) is 6.93. The van der Waals surface area contributed by atoms with Crippen LogP contribution in [-0.2, 0) is 21.3 Å².